The standard InChI is InChI=1S/C6HBr13O/c7-2(8,3(9,10)6(17,18)19)1(20,4(11,12)13)5(14,15)16/h20H. The van der Waals surface area contributed by atoms with Crippen molar-refractivity contribution < 1.29 is 5.11 Å². The van der Waals surface area contributed by atoms with Crippen molar-refractivity contribution in [2.24, 2.45) is 0 Å². The smallest absolute Gasteiger partial charge is 0.168 e. The highest BCUT2D eigenvalue weighted by molar-refractivity contribution is 9.42. The third kappa shape index (κ3) is 4.97. The van der Waals surface area contributed by atoms with Crippen LogP contribution in [0.5, 0.6) is 0 Å². The van der Waals surface area contributed by atoms with Gasteiger partial charge in [-0.2, -0.15) is 0 Å². The van der Waals surface area contributed by atoms with E-state index in [1.807, 2.05) is 0 Å². The Morgan fingerprint density at radius 1 is 0.400 bits per heavy atom. The van der Waals surface area contributed by atoms with E-state index in [1.165, 1.54) is 0 Å². The van der Waals surface area contributed by atoms with E-state index in [0.29, 0.717) is 0 Å². The molecule has 0 aromatic heterocycles. The van der Waals surface area contributed by atoms with E-state index < -0.39 is 18.5 Å². The maximum absolute atomic E-state index is 11.4. The van der Waals surface area contributed by atoms with Gasteiger partial charge in [0.25, 0.3) is 0 Å². The van der Waals surface area contributed by atoms with Gasteiger partial charge in [0.1, 0.15) is 6.47 Å². The zero-order valence-electron chi connectivity index (χ0n) is 8.36. The summed E-state index contributed by atoms with van der Waals surface area (Å²) < 4.78 is -5.26. The Bertz CT molecular complexity index is 343. The van der Waals surface area contributed by atoms with Crippen LogP contribution in [0, 0.1) is 0 Å². The molecule has 0 heterocycles. The Morgan fingerprint density at radius 3 is 0.800 bits per heavy atom. The summed E-state index contributed by atoms with van der Waals surface area (Å²) in [5.41, 5.74) is -1.64. The van der Waals surface area contributed by atoms with Crippen molar-refractivity contribution in [1.29, 1.82) is 0 Å². The number of hydrogen-bond donors (Lipinski definition) is 1. The number of rotatable bonds is 2. The fourth-order valence-corrected chi connectivity index (χ4v) is 14.9. The van der Waals surface area contributed by atoms with Gasteiger partial charge in [-0.1, -0.05) is 207 Å². The lowest BCUT2D eigenvalue weighted by Gasteiger charge is -2.55. The molecule has 0 saturated heterocycles. The Labute approximate surface area is 226 Å². The van der Waals surface area contributed by atoms with Gasteiger partial charge >= 0.3 is 0 Å². The molecule has 0 atom stereocenters. The molecule has 0 fully saturated rings. The van der Waals surface area contributed by atoms with Crippen LogP contribution in [0.4, 0.5) is 0 Å². The molecule has 0 saturated carbocycles. The third-order valence-corrected chi connectivity index (χ3v) is 17.3. The first kappa shape index (κ1) is 26.2. The van der Waals surface area contributed by atoms with Crippen LogP contribution >= 0.6 is 207 Å². The second-order valence-corrected chi connectivity index (χ2v) is 30.5. The molecule has 0 spiro atoms. The molecule has 0 bridgehead atoms. The van der Waals surface area contributed by atoms with Crippen LogP contribution in [0.1, 0.15) is 0 Å². The minimum absolute atomic E-state index is 0.836. The third-order valence-electron chi connectivity index (χ3n) is 2.03. The molecule has 0 amide bonds. The Hall–Kier alpha value is 6.20. The summed E-state index contributed by atoms with van der Waals surface area (Å²) in [5, 5.41) is 11.4. The normalized spacial score (nSPS) is 16.5. The predicted molar refractivity (Wildman–Crippen MR) is 135 cm³/mol. The molecule has 0 aromatic carbocycles. The van der Waals surface area contributed by atoms with Crippen LogP contribution < -0.4 is 0 Å². The van der Waals surface area contributed by atoms with Gasteiger partial charge in [-0.15, -0.1) is 0 Å². The van der Waals surface area contributed by atoms with Gasteiger partial charge in [-0.25, -0.2) is 0 Å². The van der Waals surface area contributed by atoms with Gasteiger partial charge in [0, 0.05) is 0 Å². The lowest BCUT2D eigenvalue weighted by atomic mass is 10.0. The zero-order chi connectivity index (χ0) is 17.0. The molecule has 0 aromatic rings. The topological polar surface area (TPSA) is 20.2 Å². The molecular formula is C6HBr13O. The SMILES string of the molecule is OC(C(Br)(Br)Br)(C(Br)(Br)Br)C(Br)(Br)C(Br)(Br)C(Br)(Br)Br. The quantitative estimate of drug-likeness (QED) is 0.274. The molecular weight excluding hydrogens is 1130 g/mol. The van der Waals surface area contributed by atoms with Crippen LogP contribution in [0.25, 0.3) is 0 Å². The van der Waals surface area contributed by atoms with Crippen molar-refractivity contribution in [1.82, 2.24) is 0 Å². The molecule has 14 heteroatoms. The molecule has 0 unspecified atom stereocenters. The maximum atomic E-state index is 11.4. The molecule has 122 valence electrons. The van der Waals surface area contributed by atoms with Gasteiger partial charge in [-0.05, 0) is 0 Å². The molecule has 1 N–H and O–H groups in total. The van der Waals surface area contributed by atoms with E-state index in [1.54, 1.807) is 0 Å². The van der Waals surface area contributed by atoms with Crippen molar-refractivity contribution >= 4 is 207 Å². The van der Waals surface area contributed by atoms with Crippen LogP contribution in [0.2, 0.25) is 0 Å². The van der Waals surface area contributed by atoms with Crippen LogP contribution in [0.15, 0.2) is 0 Å². The first-order valence-electron chi connectivity index (χ1n) is 3.93. The first-order chi connectivity index (χ1) is 8.25. The van der Waals surface area contributed by atoms with Gasteiger partial charge in [0.15, 0.2) is 12.0 Å². The summed E-state index contributed by atoms with van der Waals surface area (Å²) in [5.74, 6) is 0. The Morgan fingerprint density at radius 2 is 0.650 bits per heavy atom. The molecule has 0 aliphatic carbocycles. The molecule has 0 rings (SSSR count). The minimum Gasteiger partial charge on any atom is -0.381 e. The average molecular weight is 1130 g/mol. The highest BCUT2D eigenvalue weighted by atomic mass is 80.0. The monoisotopic (exact) mass is 1110 g/mol. The zero-order valence-corrected chi connectivity index (χ0v) is 29.0. The fraction of sp³-hybridized carbons (Fsp3) is 1.00. The number of halogens is 13. The Kier molecular flexibility index (Phi) is 10.9. The van der Waals surface area contributed by atoms with E-state index in [4.69, 9.17) is 0 Å². The van der Waals surface area contributed by atoms with Gasteiger partial charge in [0.05, 0.1) is 0 Å². The lowest BCUT2D eigenvalue weighted by molar-refractivity contribution is 0.0587. The molecule has 0 radical (unpaired) electrons. The fourth-order valence-electron chi connectivity index (χ4n) is 0.922. The van der Waals surface area contributed by atoms with E-state index >= 15 is 0 Å². The van der Waals surface area contributed by atoms with Crippen molar-refractivity contribution in [2.75, 3.05) is 0 Å². The number of aliphatic hydroxyl groups is 1. The van der Waals surface area contributed by atoms with Gasteiger partial charge in [-0.3, -0.25) is 0 Å². The maximum Gasteiger partial charge on any atom is 0.168 e. The van der Waals surface area contributed by atoms with Crippen molar-refractivity contribution in [2.45, 2.75) is 18.5 Å². The van der Waals surface area contributed by atoms with E-state index in [0.717, 1.165) is 0 Å². The number of hydrogen-bond acceptors (Lipinski definition) is 1. The largest absolute Gasteiger partial charge is 0.381 e. The summed E-state index contributed by atoms with van der Waals surface area (Å²) in [6.07, 6.45) is 0. The van der Waals surface area contributed by atoms with E-state index in [9.17, 15) is 5.11 Å². The summed E-state index contributed by atoms with van der Waals surface area (Å²) in [4.78, 5) is 0. The first-order valence-corrected chi connectivity index (χ1v) is 14.2. The van der Waals surface area contributed by atoms with Crippen molar-refractivity contribution in [3.8, 4) is 0 Å². The lowest BCUT2D eigenvalue weighted by Crippen LogP contribution is -2.69. The van der Waals surface area contributed by atoms with Crippen molar-refractivity contribution in [3.63, 3.8) is 0 Å². The summed E-state index contributed by atoms with van der Waals surface area (Å²) >= 11 is 44.7. The average Bonchev–Trinajstić information content (AvgIpc) is 2.10. The molecule has 0 aliphatic rings. The second kappa shape index (κ2) is 8.29. The second-order valence-electron chi connectivity index (χ2n) is 3.35. The molecule has 1 nitrogen and oxygen atoms in total. The van der Waals surface area contributed by atoms with Gasteiger partial charge in [0.2, 0.25) is 0 Å². The summed E-state index contributed by atoms with van der Waals surface area (Å²) in [6, 6.07) is 0. The van der Waals surface area contributed by atoms with E-state index in [-0.39, 0.29) is 0 Å². The van der Waals surface area contributed by atoms with E-state index in [2.05, 4.69) is 207 Å². The Balaban J connectivity index is 6.38. The molecule has 20 heavy (non-hydrogen) atoms. The van der Waals surface area contributed by atoms with Crippen LogP contribution in [-0.2, 0) is 0 Å². The number of alkyl halides is 13. The van der Waals surface area contributed by atoms with Crippen LogP contribution in [0.3, 0.4) is 0 Å². The highest BCUT2D eigenvalue weighted by Gasteiger charge is 2.75. The molecule has 0 aliphatic heterocycles. The predicted octanol–water partition coefficient (Wildman–Crippen LogP) is 9.21. The van der Waals surface area contributed by atoms with Crippen LogP contribution in [-0.4, -0.2) is 23.6 Å². The summed E-state index contributed by atoms with van der Waals surface area (Å²) in [6.45, 7) is 0. The minimum atomic E-state index is -1.64. The van der Waals surface area contributed by atoms with Crippen molar-refractivity contribution in [3.05, 3.63) is 0 Å². The highest BCUT2D eigenvalue weighted by Crippen LogP contribution is 2.73. The van der Waals surface area contributed by atoms with Gasteiger partial charge < -0.3 is 5.11 Å². The summed E-state index contributed by atoms with van der Waals surface area (Å²) in [7, 11) is 0.